The number of rotatable bonds is 7. The number of ether oxygens (including phenoxy) is 2. The number of carbonyl (C=O) groups is 1. The number of para-hydroxylation sites is 1. The molecule has 1 amide bonds. The van der Waals surface area contributed by atoms with Gasteiger partial charge < -0.3 is 14.8 Å². The number of nitrogens with one attached hydrogen (secondary N) is 1. The first-order valence-corrected chi connectivity index (χ1v) is 8.63. The Hall–Kier alpha value is -2.49. The maximum atomic E-state index is 12.7. The van der Waals surface area contributed by atoms with Gasteiger partial charge in [-0.15, -0.1) is 0 Å². The smallest absolute Gasteiger partial charge is 0.255 e. The van der Waals surface area contributed by atoms with Gasteiger partial charge in [-0.1, -0.05) is 44.2 Å². The molecule has 2 aromatic rings. The normalized spacial score (nSPS) is 13.0. The van der Waals surface area contributed by atoms with E-state index >= 15 is 0 Å². The van der Waals surface area contributed by atoms with Gasteiger partial charge in [-0.05, 0) is 42.5 Å². The lowest BCUT2D eigenvalue weighted by atomic mass is 9.96. The molecule has 4 heteroatoms. The third-order valence-electron chi connectivity index (χ3n) is 4.61. The first-order valence-electron chi connectivity index (χ1n) is 8.63. The summed E-state index contributed by atoms with van der Waals surface area (Å²) in [5.41, 5.74) is 2.85. The number of methoxy groups -OCH3 is 2. The molecule has 0 fully saturated rings. The maximum absolute atomic E-state index is 12.7. The SMILES string of the molecule is CC[C@@H](C)c1ccc([C@@H](C)NC(=O)c2cccc(OC)c2OC)cc1. The van der Waals surface area contributed by atoms with Gasteiger partial charge in [-0.25, -0.2) is 0 Å². The molecule has 0 bridgehead atoms. The standard InChI is InChI=1S/C21H27NO3/c1-6-14(2)16-10-12-17(13-11-16)15(3)22-21(23)18-8-7-9-19(24-4)20(18)25-5/h7-15H,6H2,1-5H3,(H,22,23)/t14-,15-/m1/s1. The second-order valence-electron chi connectivity index (χ2n) is 6.21. The number of carbonyl (C=O) groups excluding carboxylic acids is 1. The summed E-state index contributed by atoms with van der Waals surface area (Å²) in [6.07, 6.45) is 1.11. The Kier molecular flexibility index (Phi) is 6.45. The third-order valence-corrected chi connectivity index (χ3v) is 4.61. The van der Waals surface area contributed by atoms with Crippen LogP contribution in [0.4, 0.5) is 0 Å². The topological polar surface area (TPSA) is 47.6 Å². The Morgan fingerprint density at radius 2 is 1.64 bits per heavy atom. The van der Waals surface area contributed by atoms with Crippen molar-refractivity contribution in [2.75, 3.05) is 14.2 Å². The average molecular weight is 341 g/mol. The Morgan fingerprint density at radius 1 is 1.00 bits per heavy atom. The van der Waals surface area contributed by atoms with Crippen molar-refractivity contribution in [1.82, 2.24) is 5.32 Å². The molecule has 0 radical (unpaired) electrons. The highest BCUT2D eigenvalue weighted by molar-refractivity contribution is 5.98. The molecule has 0 aliphatic heterocycles. The zero-order valence-corrected chi connectivity index (χ0v) is 15.6. The van der Waals surface area contributed by atoms with Crippen LogP contribution in [0.25, 0.3) is 0 Å². The summed E-state index contributed by atoms with van der Waals surface area (Å²) < 4.78 is 10.6. The highest BCUT2D eigenvalue weighted by Crippen LogP contribution is 2.31. The minimum Gasteiger partial charge on any atom is -0.493 e. The van der Waals surface area contributed by atoms with Gasteiger partial charge in [-0.2, -0.15) is 0 Å². The predicted molar refractivity (Wildman–Crippen MR) is 101 cm³/mol. The van der Waals surface area contributed by atoms with Crippen molar-refractivity contribution in [1.29, 1.82) is 0 Å². The lowest BCUT2D eigenvalue weighted by molar-refractivity contribution is 0.0936. The van der Waals surface area contributed by atoms with Gasteiger partial charge in [0.2, 0.25) is 0 Å². The van der Waals surface area contributed by atoms with E-state index in [0.29, 0.717) is 23.0 Å². The van der Waals surface area contributed by atoms with Crippen molar-refractivity contribution in [3.05, 3.63) is 59.2 Å². The molecule has 2 aromatic carbocycles. The van der Waals surface area contributed by atoms with Crippen molar-refractivity contribution < 1.29 is 14.3 Å². The van der Waals surface area contributed by atoms with Crippen molar-refractivity contribution in [2.24, 2.45) is 0 Å². The summed E-state index contributed by atoms with van der Waals surface area (Å²) in [4.78, 5) is 12.7. The predicted octanol–water partition coefficient (Wildman–Crippen LogP) is 4.71. The van der Waals surface area contributed by atoms with Crippen LogP contribution in [0.5, 0.6) is 11.5 Å². The average Bonchev–Trinajstić information content (AvgIpc) is 2.66. The van der Waals surface area contributed by atoms with E-state index in [1.165, 1.54) is 12.7 Å². The molecule has 0 aliphatic rings. The van der Waals surface area contributed by atoms with Crippen LogP contribution in [0.15, 0.2) is 42.5 Å². The summed E-state index contributed by atoms with van der Waals surface area (Å²) >= 11 is 0. The van der Waals surface area contributed by atoms with Crippen LogP contribution in [0.3, 0.4) is 0 Å². The van der Waals surface area contributed by atoms with E-state index in [0.717, 1.165) is 12.0 Å². The maximum Gasteiger partial charge on any atom is 0.255 e. The minimum absolute atomic E-state index is 0.102. The summed E-state index contributed by atoms with van der Waals surface area (Å²) in [5.74, 6) is 1.34. The van der Waals surface area contributed by atoms with Crippen molar-refractivity contribution in [3.8, 4) is 11.5 Å². The summed E-state index contributed by atoms with van der Waals surface area (Å²) in [5, 5.41) is 3.03. The Labute approximate surface area is 150 Å². The molecule has 2 rings (SSSR count). The van der Waals surface area contributed by atoms with Crippen LogP contribution in [0.1, 0.15) is 60.6 Å². The first-order chi connectivity index (χ1) is 12.0. The molecule has 134 valence electrons. The van der Waals surface area contributed by atoms with Crippen molar-refractivity contribution >= 4 is 5.91 Å². The fraction of sp³-hybridized carbons (Fsp3) is 0.381. The quantitative estimate of drug-likeness (QED) is 0.793. The lowest BCUT2D eigenvalue weighted by Crippen LogP contribution is -2.27. The van der Waals surface area contributed by atoms with Crippen LogP contribution < -0.4 is 14.8 Å². The van der Waals surface area contributed by atoms with Crippen LogP contribution in [0, 0.1) is 0 Å². The molecular formula is C21H27NO3. The van der Waals surface area contributed by atoms with Gasteiger partial charge in [0, 0.05) is 0 Å². The molecule has 4 nitrogen and oxygen atoms in total. The molecule has 0 saturated heterocycles. The van der Waals surface area contributed by atoms with Gasteiger partial charge in [0.15, 0.2) is 11.5 Å². The van der Waals surface area contributed by atoms with Crippen molar-refractivity contribution in [3.63, 3.8) is 0 Å². The number of hydrogen-bond donors (Lipinski definition) is 1. The van der Waals surface area contributed by atoms with E-state index in [2.05, 4.69) is 43.4 Å². The summed E-state index contributed by atoms with van der Waals surface area (Å²) in [6, 6.07) is 13.6. The molecule has 25 heavy (non-hydrogen) atoms. The van der Waals surface area contributed by atoms with Crippen molar-refractivity contribution in [2.45, 2.75) is 39.2 Å². The molecule has 0 spiro atoms. The largest absolute Gasteiger partial charge is 0.493 e. The summed E-state index contributed by atoms with van der Waals surface area (Å²) in [6.45, 7) is 6.38. The highest BCUT2D eigenvalue weighted by Gasteiger charge is 2.18. The Morgan fingerprint density at radius 3 is 2.20 bits per heavy atom. The fourth-order valence-corrected chi connectivity index (χ4v) is 2.77. The van der Waals surface area contributed by atoms with Gasteiger partial charge in [0.25, 0.3) is 5.91 Å². The molecule has 0 heterocycles. The van der Waals surface area contributed by atoms with Crippen LogP contribution in [-0.2, 0) is 0 Å². The van der Waals surface area contributed by atoms with Gasteiger partial charge in [0.05, 0.1) is 25.8 Å². The molecule has 1 N–H and O–H groups in total. The zero-order chi connectivity index (χ0) is 18.4. The second kappa shape index (κ2) is 8.56. The van der Waals surface area contributed by atoms with Crippen LogP contribution in [-0.4, -0.2) is 20.1 Å². The minimum atomic E-state index is -0.186. The van der Waals surface area contributed by atoms with E-state index in [9.17, 15) is 4.79 Å². The molecule has 2 atom stereocenters. The fourth-order valence-electron chi connectivity index (χ4n) is 2.77. The van der Waals surface area contributed by atoms with E-state index in [1.54, 1.807) is 25.3 Å². The number of amides is 1. The Bertz CT molecular complexity index is 710. The molecule has 0 aromatic heterocycles. The van der Waals surface area contributed by atoms with E-state index < -0.39 is 0 Å². The molecule has 0 aliphatic carbocycles. The first kappa shape index (κ1) is 18.8. The molecule has 0 unspecified atom stereocenters. The summed E-state index contributed by atoms with van der Waals surface area (Å²) in [7, 11) is 3.09. The van der Waals surface area contributed by atoms with E-state index in [-0.39, 0.29) is 11.9 Å². The zero-order valence-electron chi connectivity index (χ0n) is 15.6. The third kappa shape index (κ3) is 4.32. The number of hydrogen-bond acceptors (Lipinski definition) is 3. The van der Waals surface area contributed by atoms with Gasteiger partial charge in [0.1, 0.15) is 0 Å². The van der Waals surface area contributed by atoms with Gasteiger partial charge >= 0.3 is 0 Å². The molecule has 0 saturated carbocycles. The Balaban J connectivity index is 2.15. The van der Waals surface area contributed by atoms with Gasteiger partial charge in [-0.3, -0.25) is 4.79 Å². The lowest BCUT2D eigenvalue weighted by Gasteiger charge is -2.18. The van der Waals surface area contributed by atoms with E-state index in [4.69, 9.17) is 9.47 Å². The molecular weight excluding hydrogens is 314 g/mol. The monoisotopic (exact) mass is 341 g/mol. The second-order valence-corrected chi connectivity index (χ2v) is 6.21. The van der Waals surface area contributed by atoms with Crippen LogP contribution in [0.2, 0.25) is 0 Å². The number of benzene rings is 2. The van der Waals surface area contributed by atoms with Crippen LogP contribution >= 0.6 is 0 Å². The highest BCUT2D eigenvalue weighted by atomic mass is 16.5. The van der Waals surface area contributed by atoms with E-state index in [1.807, 2.05) is 6.92 Å².